The zero-order valence-corrected chi connectivity index (χ0v) is 9.00. The summed E-state index contributed by atoms with van der Waals surface area (Å²) in [5.41, 5.74) is 6.50. The van der Waals surface area contributed by atoms with E-state index in [2.05, 4.69) is 27.0 Å². The maximum atomic E-state index is 5.87. The third kappa shape index (κ3) is 2.22. The van der Waals surface area contributed by atoms with Gasteiger partial charge in [-0.05, 0) is 12.5 Å². The van der Waals surface area contributed by atoms with Crippen LogP contribution in [0.1, 0.15) is 31.7 Å². The molecule has 2 aromatic rings. The lowest BCUT2D eigenvalue weighted by Crippen LogP contribution is -2.09. The minimum absolute atomic E-state index is 0.201. The SMILES string of the molecule is CCC[C@H](N)c1nc(-c2ccncn2)no1. The van der Waals surface area contributed by atoms with E-state index in [1.165, 1.54) is 6.33 Å². The van der Waals surface area contributed by atoms with Crippen LogP contribution in [0.5, 0.6) is 0 Å². The first-order valence-corrected chi connectivity index (χ1v) is 5.17. The number of rotatable bonds is 4. The van der Waals surface area contributed by atoms with Gasteiger partial charge in [0.1, 0.15) is 12.0 Å². The van der Waals surface area contributed by atoms with Crippen molar-refractivity contribution in [1.82, 2.24) is 20.1 Å². The highest BCUT2D eigenvalue weighted by Gasteiger charge is 2.15. The van der Waals surface area contributed by atoms with Crippen molar-refractivity contribution in [2.24, 2.45) is 5.73 Å². The highest BCUT2D eigenvalue weighted by molar-refractivity contribution is 5.46. The smallest absolute Gasteiger partial charge is 0.243 e. The fourth-order valence-electron chi connectivity index (χ4n) is 1.35. The van der Waals surface area contributed by atoms with Crippen LogP contribution >= 0.6 is 0 Å². The Morgan fingerprint density at radius 1 is 1.50 bits per heavy atom. The van der Waals surface area contributed by atoms with Gasteiger partial charge < -0.3 is 10.3 Å². The van der Waals surface area contributed by atoms with E-state index in [1.807, 2.05) is 0 Å². The number of nitrogens with two attached hydrogens (primary N) is 1. The molecule has 0 saturated carbocycles. The van der Waals surface area contributed by atoms with Gasteiger partial charge in [0.2, 0.25) is 11.7 Å². The quantitative estimate of drug-likeness (QED) is 0.834. The summed E-state index contributed by atoms with van der Waals surface area (Å²) in [6.45, 7) is 2.06. The van der Waals surface area contributed by atoms with Gasteiger partial charge >= 0.3 is 0 Å². The molecule has 2 aromatic heterocycles. The zero-order valence-electron chi connectivity index (χ0n) is 9.00. The molecule has 0 amide bonds. The summed E-state index contributed by atoms with van der Waals surface area (Å²) < 4.78 is 5.09. The van der Waals surface area contributed by atoms with E-state index in [0.29, 0.717) is 17.4 Å². The average molecular weight is 219 g/mol. The van der Waals surface area contributed by atoms with Crippen molar-refractivity contribution in [3.63, 3.8) is 0 Å². The highest BCUT2D eigenvalue weighted by atomic mass is 16.5. The summed E-state index contributed by atoms with van der Waals surface area (Å²) in [6.07, 6.45) is 4.87. The van der Waals surface area contributed by atoms with Gasteiger partial charge in [0.25, 0.3) is 0 Å². The lowest BCUT2D eigenvalue weighted by molar-refractivity contribution is 0.348. The fraction of sp³-hybridized carbons (Fsp3) is 0.400. The van der Waals surface area contributed by atoms with Crippen molar-refractivity contribution in [2.45, 2.75) is 25.8 Å². The molecule has 6 nitrogen and oxygen atoms in total. The Hall–Kier alpha value is -1.82. The molecule has 0 bridgehead atoms. The topological polar surface area (TPSA) is 90.7 Å². The second-order valence-corrected chi connectivity index (χ2v) is 3.45. The Morgan fingerprint density at radius 2 is 2.38 bits per heavy atom. The highest BCUT2D eigenvalue weighted by Crippen LogP contribution is 2.17. The molecule has 0 radical (unpaired) electrons. The molecule has 2 rings (SSSR count). The minimum Gasteiger partial charge on any atom is -0.337 e. The average Bonchev–Trinajstić information content (AvgIpc) is 2.80. The van der Waals surface area contributed by atoms with Crippen LogP contribution in [0.2, 0.25) is 0 Å². The van der Waals surface area contributed by atoms with Gasteiger partial charge in [0, 0.05) is 6.20 Å². The summed E-state index contributed by atoms with van der Waals surface area (Å²) in [4.78, 5) is 12.1. The molecular weight excluding hydrogens is 206 g/mol. The van der Waals surface area contributed by atoms with Crippen molar-refractivity contribution < 1.29 is 4.52 Å². The van der Waals surface area contributed by atoms with E-state index in [4.69, 9.17) is 10.3 Å². The van der Waals surface area contributed by atoms with E-state index in [9.17, 15) is 0 Å². The maximum absolute atomic E-state index is 5.87. The molecule has 0 aliphatic carbocycles. The Morgan fingerprint density at radius 3 is 3.06 bits per heavy atom. The predicted octanol–water partition coefficient (Wildman–Crippen LogP) is 1.33. The Labute approximate surface area is 92.9 Å². The first-order chi connectivity index (χ1) is 7.81. The Balaban J connectivity index is 2.20. The Bertz CT molecular complexity index is 441. The second-order valence-electron chi connectivity index (χ2n) is 3.45. The molecule has 16 heavy (non-hydrogen) atoms. The largest absolute Gasteiger partial charge is 0.337 e. The minimum atomic E-state index is -0.201. The third-order valence-corrected chi connectivity index (χ3v) is 2.17. The van der Waals surface area contributed by atoms with Crippen molar-refractivity contribution >= 4 is 0 Å². The molecule has 2 heterocycles. The van der Waals surface area contributed by atoms with Gasteiger partial charge in [-0.1, -0.05) is 18.5 Å². The molecule has 1 atom stereocenters. The van der Waals surface area contributed by atoms with Crippen LogP contribution in [0, 0.1) is 0 Å². The van der Waals surface area contributed by atoms with Gasteiger partial charge in [0.05, 0.1) is 6.04 Å². The predicted molar refractivity (Wildman–Crippen MR) is 57.2 cm³/mol. The van der Waals surface area contributed by atoms with Crippen LogP contribution in [-0.2, 0) is 0 Å². The molecule has 6 heteroatoms. The summed E-state index contributed by atoms with van der Waals surface area (Å²) in [6, 6.07) is 1.52. The first-order valence-electron chi connectivity index (χ1n) is 5.17. The summed E-state index contributed by atoms with van der Waals surface area (Å²) in [7, 11) is 0. The fourth-order valence-corrected chi connectivity index (χ4v) is 1.35. The van der Waals surface area contributed by atoms with Gasteiger partial charge in [-0.15, -0.1) is 0 Å². The Kier molecular flexibility index (Phi) is 3.21. The summed E-state index contributed by atoms with van der Waals surface area (Å²) in [5.74, 6) is 0.902. The molecule has 0 fully saturated rings. The molecule has 84 valence electrons. The van der Waals surface area contributed by atoms with Gasteiger partial charge in [-0.3, -0.25) is 0 Å². The zero-order chi connectivity index (χ0) is 11.4. The third-order valence-electron chi connectivity index (χ3n) is 2.17. The van der Waals surface area contributed by atoms with Crippen LogP contribution in [-0.4, -0.2) is 20.1 Å². The lowest BCUT2D eigenvalue weighted by Gasteiger charge is -2.01. The molecule has 0 aliphatic heterocycles. The van der Waals surface area contributed by atoms with Crippen LogP contribution in [0.4, 0.5) is 0 Å². The molecule has 0 unspecified atom stereocenters. The number of nitrogens with zero attached hydrogens (tertiary/aromatic N) is 4. The van der Waals surface area contributed by atoms with Gasteiger partial charge in [-0.25, -0.2) is 9.97 Å². The molecule has 0 spiro atoms. The number of hydrogen-bond acceptors (Lipinski definition) is 6. The van der Waals surface area contributed by atoms with Crippen molar-refractivity contribution in [3.05, 3.63) is 24.5 Å². The van der Waals surface area contributed by atoms with E-state index in [-0.39, 0.29) is 6.04 Å². The van der Waals surface area contributed by atoms with Crippen LogP contribution in [0.15, 0.2) is 23.1 Å². The summed E-state index contributed by atoms with van der Waals surface area (Å²) >= 11 is 0. The molecule has 0 aromatic carbocycles. The maximum Gasteiger partial charge on any atom is 0.243 e. The standard InChI is InChI=1S/C10H13N5O/c1-2-3-7(11)10-14-9(15-16-10)8-4-5-12-6-13-8/h4-7H,2-3,11H2,1H3/t7-/m0/s1. The van der Waals surface area contributed by atoms with Crippen LogP contribution in [0.25, 0.3) is 11.5 Å². The number of aromatic nitrogens is 4. The molecular formula is C10H13N5O. The lowest BCUT2D eigenvalue weighted by atomic mass is 10.2. The summed E-state index contributed by atoms with van der Waals surface area (Å²) in [5, 5.41) is 3.83. The van der Waals surface area contributed by atoms with Gasteiger partial charge in [-0.2, -0.15) is 4.98 Å². The van der Waals surface area contributed by atoms with E-state index < -0.39 is 0 Å². The van der Waals surface area contributed by atoms with Gasteiger partial charge in [0.15, 0.2) is 0 Å². The molecule has 0 aliphatic rings. The number of hydrogen-bond donors (Lipinski definition) is 1. The molecule has 2 N–H and O–H groups in total. The van der Waals surface area contributed by atoms with Crippen LogP contribution in [0.3, 0.4) is 0 Å². The van der Waals surface area contributed by atoms with Crippen molar-refractivity contribution in [3.8, 4) is 11.5 Å². The van der Waals surface area contributed by atoms with Crippen molar-refractivity contribution in [1.29, 1.82) is 0 Å². The van der Waals surface area contributed by atoms with E-state index in [0.717, 1.165) is 12.8 Å². The monoisotopic (exact) mass is 219 g/mol. The molecule has 0 saturated heterocycles. The van der Waals surface area contributed by atoms with E-state index in [1.54, 1.807) is 12.3 Å². The van der Waals surface area contributed by atoms with Crippen LogP contribution < -0.4 is 5.73 Å². The second kappa shape index (κ2) is 4.80. The van der Waals surface area contributed by atoms with E-state index >= 15 is 0 Å². The normalized spacial score (nSPS) is 12.6. The first kappa shape index (κ1) is 10.7. The van der Waals surface area contributed by atoms with Crippen molar-refractivity contribution in [2.75, 3.05) is 0 Å².